The smallest absolute Gasteiger partial charge is 0.410 e. The lowest BCUT2D eigenvalue weighted by Gasteiger charge is -2.22. The van der Waals surface area contributed by atoms with Crippen LogP contribution in [0.4, 0.5) is 4.79 Å². The van der Waals surface area contributed by atoms with Gasteiger partial charge in [0.15, 0.2) is 0 Å². The highest BCUT2D eigenvalue weighted by Crippen LogP contribution is 2.29. The van der Waals surface area contributed by atoms with E-state index in [4.69, 9.17) is 22.0 Å². The van der Waals surface area contributed by atoms with Crippen LogP contribution in [-0.2, 0) is 11.8 Å². The van der Waals surface area contributed by atoms with Crippen molar-refractivity contribution < 1.29 is 14.4 Å². The molecular formula is C13H22N3O3PS2. The van der Waals surface area contributed by atoms with Gasteiger partial charge in [-0.05, 0) is 30.4 Å². The molecule has 4 N–H and O–H groups in total. The first-order chi connectivity index (χ1) is 10.4. The largest absolute Gasteiger partial charge is 0.426 e. The van der Waals surface area contributed by atoms with Crippen LogP contribution in [0.5, 0.6) is 5.75 Å². The van der Waals surface area contributed by atoms with Gasteiger partial charge in [-0.15, -0.1) is 0 Å². The number of nitrogens with one attached hydrogen (secondary N) is 1. The van der Waals surface area contributed by atoms with Gasteiger partial charge in [-0.3, -0.25) is 5.50 Å². The van der Waals surface area contributed by atoms with Gasteiger partial charge in [0.2, 0.25) is 6.57 Å². The van der Waals surface area contributed by atoms with Gasteiger partial charge in [0.25, 0.3) is 0 Å². The molecule has 1 unspecified atom stereocenters. The number of para-hydroxylation sites is 1. The molecule has 1 rings (SSSR count). The fraction of sp³-hybridized carbons (Fsp3) is 0.462. The Hall–Kier alpha value is -0.630. The average Bonchev–Trinajstić information content (AvgIpc) is 2.46. The molecule has 1 atom stereocenters. The van der Waals surface area contributed by atoms with Crippen molar-refractivity contribution in [1.29, 1.82) is 0 Å². The molecule has 0 radical (unpaired) electrons. The molecule has 124 valence electrons. The maximum absolute atomic E-state index is 12.2. The number of nitrogens with two attached hydrogens (primary N) is 1. The van der Waals surface area contributed by atoms with E-state index in [1.165, 1.54) is 4.31 Å². The molecule has 0 bridgehead atoms. The van der Waals surface area contributed by atoms with E-state index in [1.54, 1.807) is 24.3 Å². The van der Waals surface area contributed by atoms with Gasteiger partial charge >= 0.3 is 6.09 Å². The summed E-state index contributed by atoms with van der Waals surface area (Å²) in [6, 6.07) is 8.81. The van der Waals surface area contributed by atoms with Crippen molar-refractivity contribution in [2.24, 2.45) is 5.50 Å². The molecular weight excluding hydrogens is 341 g/mol. The monoisotopic (exact) mass is 363 g/mol. The summed E-state index contributed by atoms with van der Waals surface area (Å²) in [6.45, 7) is -0.486. The first kappa shape index (κ1) is 19.4. The van der Waals surface area contributed by atoms with Gasteiger partial charge in [-0.1, -0.05) is 44.4 Å². The summed E-state index contributed by atoms with van der Waals surface area (Å²) in [6.07, 6.45) is 3.55. The van der Waals surface area contributed by atoms with Crippen LogP contribution in [0, 0.1) is 0 Å². The minimum atomic E-state index is -3.09. The summed E-state index contributed by atoms with van der Waals surface area (Å²) in [4.78, 5) is 21.6. The zero-order valence-electron chi connectivity index (χ0n) is 12.5. The third-order valence-corrected chi connectivity index (χ3v) is 5.24. The van der Waals surface area contributed by atoms with Crippen LogP contribution in [0.1, 0.15) is 32.6 Å². The van der Waals surface area contributed by atoms with Crippen LogP contribution in [0.2, 0.25) is 0 Å². The molecule has 0 aliphatic heterocycles. The minimum Gasteiger partial charge on any atom is -0.410 e. The van der Waals surface area contributed by atoms with Crippen molar-refractivity contribution in [2.75, 3.05) is 6.54 Å². The van der Waals surface area contributed by atoms with Gasteiger partial charge < -0.3 is 9.63 Å². The highest BCUT2D eigenvalue weighted by molar-refractivity contribution is 8.16. The van der Waals surface area contributed by atoms with E-state index in [0.29, 0.717) is 12.3 Å². The van der Waals surface area contributed by atoms with Crippen molar-refractivity contribution in [2.45, 2.75) is 32.6 Å². The highest BCUT2D eigenvalue weighted by Gasteiger charge is 2.19. The molecule has 0 heterocycles. The molecule has 6 nitrogen and oxygen atoms in total. The molecule has 1 aromatic rings. The van der Waals surface area contributed by atoms with Gasteiger partial charge in [-0.2, -0.15) is 4.49 Å². The predicted octanol–water partition coefficient (Wildman–Crippen LogP) is 3.40. The van der Waals surface area contributed by atoms with Gasteiger partial charge in [0.1, 0.15) is 5.75 Å². The van der Waals surface area contributed by atoms with E-state index >= 15 is 0 Å². The Morgan fingerprint density at radius 3 is 2.68 bits per heavy atom. The molecule has 9 heteroatoms. The van der Waals surface area contributed by atoms with E-state index in [1.807, 2.05) is 6.07 Å². The van der Waals surface area contributed by atoms with Gasteiger partial charge in [0.05, 0.1) is 0 Å². The Balaban J connectivity index is 2.58. The van der Waals surface area contributed by atoms with Gasteiger partial charge in [-0.25, -0.2) is 9.10 Å². The third-order valence-electron chi connectivity index (χ3n) is 2.65. The van der Waals surface area contributed by atoms with Crippen LogP contribution in [0.3, 0.4) is 0 Å². The Morgan fingerprint density at radius 1 is 1.41 bits per heavy atom. The average molecular weight is 363 g/mol. The van der Waals surface area contributed by atoms with E-state index in [-0.39, 0.29) is 0 Å². The number of carbonyl (C=O) groups excluding carboxylic acids is 1. The number of benzene rings is 1. The highest BCUT2D eigenvalue weighted by atomic mass is 32.5. The fourth-order valence-corrected chi connectivity index (χ4v) is 3.10. The van der Waals surface area contributed by atoms with E-state index in [0.717, 1.165) is 37.8 Å². The molecule has 0 saturated carbocycles. The standard InChI is InChI=1S/C13H22N3O3PS2/c1-2-3-4-8-11-16(22-15-20(14,18)21)13(17)19-12-9-6-5-7-10-12/h5-7,9-10H,2-4,8,11H2,1H3,(H4,14,15,18,21). The van der Waals surface area contributed by atoms with Crippen molar-refractivity contribution in [3.05, 3.63) is 30.3 Å². The Labute approximate surface area is 140 Å². The summed E-state index contributed by atoms with van der Waals surface area (Å²) in [5, 5.41) is 0. The maximum Gasteiger partial charge on any atom is 0.426 e. The van der Waals surface area contributed by atoms with Crippen LogP contribution >= 0.6 is 18.7 Å². The fourth-order valence-electron chi connectivity index (χ4n) is 1.60. The van der Waals surface area contributed by atoms with Crippen molar-refractivity contribution in [3.63, 3.8) is 0 Å². The lowest BCUT2D eigenvalue weighted by Crippen LogP contribution is -2.31. The van der Waals surface area contributed by atoms with Crippen LogP contribution in [0.15, 0.2) is 30.3 Å². The summed E-state index contributed by atoms with van der Waals surface area (Å²) in [7, 11) is 0. The van der Waals surface area contributed by atoms with Crippen LogP contribution in [0.25, 0.3) is 0 Å². The first-order valence-corrected chi connectivity index (χ1v) is 10.6. The topological polar surface area (TPSA) is 87.8 Å². The SMILES string of the molecule is CCCCCCN(SNP(N)(O)=S)C(=O)Oc1ccccc1. The lowest BCUT2D eigenvalue weighted by atomic mass is 10.2. The van der Waals surface area contributed by atoms with Gasteiger partial charge in [0, 0.05) is 18.7 Å². The lowest BCUT2D eigenvalue weighted by molar-refractivity contribution is 0.181. The maximum atomic E-state index is 12.2. The molecule has 1 aromatic carbocycles. The number of ether oxygens (including phenoxy) is 1. The second-order valence-corrected chi connectivity index (χ2v) is 8.92. The molecule has 0 aliphatic carbocycles. The third kappa shape index (κ3) is 8.73. The number of rotatable bonds is 9. The number of hydrogen-bond donors (Lipinski definition) is 3. The zero-order valence-corrected chi connectivity index (χ0v) is 15.0. The Bertz CT molecular complexity index is 499. The second kappa shape index (κ2) is 10.2. The summed E-state index contributed by atoms with van der Waals surface area (Å²) >= 11 is 5.60. The number of carbonyl (C=O) groups is 1. The number of unbranched alkanes of at least 4 members (excludes halogenated alkanes) is 3. The molecule has 0 saturated heterocycles. The summed E-state index contributed by atoms with van der Waals surface area (Å²) < 4.78 is 9.19. The predicted molar refractivity (Wildman–Crippen MR) is 94.7 cm³/mol. The molecule has 0 fully saturated rings. The Morgan fingerprint density at radius 2 is 2.09 bits per heavy atom. The van der Waals surface area contributed by atoms with Crippen molar-refractivity contribution >= 4 is 36.6 Å². The zero-order chi connectivity index (χ0) is 16.4. The molecule has 0 spiro atoms. The molecule has 1 amide bonds. The van der Waals surface area contributed by atoms with Crippen LogP contribution < -0.4 is 14.7 Å². The van der Waals surface area contributed by atoms with Crippen molar-refractivity contribution in [3.8, 4) is 5.75 Å². The molecule has 22 heavy (non-hydrogen) atoms. The van der Waals surface area contributed by atoms with E-state index in [2.05, 4.69) is 11.4 Å². The molecule has 0 aliphatic rings. The Kier molecular flexibility index (Phi) is 9.00. The quantitative estimate of drug-likeness (QED) is 0.352. The summed E-state index contributed by atoms with van der Waals surface area (Å²) in [5.41, 5.74) is 5.38. The number of hydrogen-bond acceptors (Lipinski definition) is 4. The molecule has 0 aromatic heterocycles. The van der Waals surface area contributed by atoms with E-state index in [9.17, 15) is 9.69 Å². The summed E-state index contributed by atoms with van der Waals surface area (Å²) in [5.74, 6) is 0.461. The number of nitrogens with zero attached hydrogens (tertiary/aromatic N) is 1. The van der Waals surface area contributed by atoms with Crippen molar-refractivity contribution in [1.82, 2.24) is 8.80 Å². The number of amides is 1. The van der Waals surface area contributed by atoms with E-state index < -0.39 is 12.7 Å². The second-order valence-electron chi connectivity index (χ2n) is 4.65. The normalized spacial score (nSPS) is 13.4. The van der Waals surface area contributed by atoms with Crippen LogP contribution in [-0.4, -0.2) is 21.8 Å². The minimum absolute atomic E-state index is 0.461. The first-order valence-electron chi connectivity index (χ1n) is 7.02.